The number of β-amino-alcohol motifs (C(OH)–C–C–N with tert-alkyl or cyclic N) is 1. The third-order valence-electron chi connectivity index (χ3n) is 5.11. The van der Waals surface area contributed by atoms with Crippen LogP contribution < -0.4 is 0 Å². The number of nitrogens with zero attached hydrogens (tertiary/aromatic N) is 2. The van der Waals surface area contributed by atoms with Gasteiger partial charge < -0.3 is 14.4 Å². The van der Waals surface area contributed by atoms with Gasteiger partial charge in [0.15, 0.2) is 0 Å². The van der Waals surface area contributed by atoms with Gasteiger partial charge in [-0.15, -0.1) is 0 Å². The van der Waals surface area contributed by atoms with Gasteiger partial charge in [-0.3, -0.25) is 0 Å². The van der Waals surface area contributed by atoms with E-state index in [0.717, 1.165) is 16.5 Å². The Labute approximate surface area is 165 Å². The Morgan fingerprint density at radius 1 is 1.14 bits per heavy atom. The second kappa shape index (κ2) is 7.00. The minimum Gasteiger partial charge on any atom is -0.456 e. The monoisotopic (exact) mass is 400 g/mol. The van der Waals surface area contributed by atoms with Crippen molar-refractivity contribution in [1.29, 1.82) is 0 Å². The van der Waals surface area contributed by atoms with Crippen LogP contribution in [0.2, 0.25) is 0 Å². The molecule has 4 rings (SSSR count). The minimum absolute atomic E-state index is 0.110. The van der Waals surface area contributed by atoms with E-state index in [0.29, 0.717) is 25.3 Å². The fraction of sp³-hybridized carbons (Fsp3) is 0.333. The van der Waals surface area contributed by atoms with E-state index in [2.05, 4.69) is 0 Å². The zero-order valence-electron chi connectivity index (χ0n) is 16.0. The Balaban J connectivity index is 1.56. The van der Waals surface area contributed by atoms with Crippen molar-refractivity contribution in [2.24, 2.45) is 0 Å². The molecular weight excluding hydrogens is 376 g/mol. The van der Waals surface area contributed by atoms with Gasteiger partial charge in [-0.25, -0.2) is 8.42 Å². The molecule has 28 heavy (non-hydrogen) atoms. The Kier molecular flexibility index (Phi) is 4.79. The van der Waals surface area contributed by atoms with Gasteiger partial charge in [0.2, 0.25) is 10.0 Å². The molecule has 0 aliphatic carbocycles. The highest BCUT2D eigenvalue weighted by molar-refractivity contribution is 7.89. The fourth-order valence-corrected chi connectivity index (χ4v) is 5.33. The van der Waals surface area contributed by atoms with Gasteiger partial charge in [-0.1, -0.05) is 18.2 Å². The van der Waals surface area contributed by atoms with Crippen molar-refractivity contribution >= 4 is 21.0 Å². The Morgan fingerprint density at radius 2 is 1.86 bits per heavy atom. The van der Waals surface area contributed by atoms with Crippen molar-refractivity contribution < 1.29 is 17.9 Å². The number of para-hydroxylation sites is 1. The molecule has 0 spiro atoms. The maximum Gasteiger partial charge on any atom is 0.243 e. The van der Waals surface area contributed by atoms with Crippen molar-refractivity contribution in [3.05, 3.63) is 54.6 Å². The molecule has 148 valence electrons. The molecule has 6 nitrogen and oxygen atoms in total. The van der Waals surface area contributed by atoms with Gasteiger partial charge in [-0.2, -0.15) is 4.31 Å². The lowest BCUT2D eigenvalue weighted by Gasteiger charge is -2.26. The second-order valence-corrected chi connectivity index (χ2v) is 9.66. The normalized spacial score (nSPS) is 21.0. The highest BCUT2D eigenvalue weighted by Crippen LogP contribution is 2.31. The average molecular weight is 401 g/mol. The topological polar surface area (TPSA) is 74.0 Å². The van der Waals surface area contributed by atoms with E-state index in [4.69, 9.17) is 4.42 Å². The van der Waals surface area contributed by atoms with Crippen LogP contribution in [0.15, 0.2) is 63.9 Å². The SMILES string of the molecule is CN(C)CC1(O)CCN(S(=O)(=O)c2ccc(-c3cc4ccccc4o3)cc2)C1. The Morgan fingerprint density at radius 3 is 2.54 bits per heavy atom. The van der Waals surface area contributed by atoms with Gasteiger partial charge >= 0.3 is 0 Å². The first-order valence-electron chi connectivity index (χ1n) is 9.23. The molecule has 1 fully saturated rings. The first kappa shape index (κ1) is 19.1. The summed E-state index contributed by atoms with van der Waals surface area (Å²) in [5.41, 5.74) is 0.609. The number of fused-ring (bicyclic) bond motifs is 1. The predicted molar refractivity (Wildman–Crippen MR) is 109 cm³/mol. The van der Waals surface area contributed by atoms with Crippen molar-refractivity contribution in [1.82, 2.24) is 9.21 Å². The Bertz CT molecular complexity index is 1060. The van der Waals surface area contributed by atoms with Crippen LogP contribution in [0.3, 0.4) is 0 Å². The molecule has 1 atom stereocenters. The van der Waals surface area contributed by atoms with Gasteiger partial charge in [-0.05, 0) is 56.9 Å². The number of hydrogen-bond acceptors (Lipinski definition) is 5. The van der Waals surface area contributed by atoms with E-state index in [1.807, 2.05) is 49.3 Å². The lowest BCUT2D eigenvalue weighted by atomic mass is 10.0. The standard InChI is InChI=1S/C21H24N2O4S/c1-22(2)14-21(24)11-12-23(15-21)28(25,26)18-9-7-16(8-10-18)20-13-17-5-3-4-6-19(17)27-20/h3-10,13,24H,11-12,14-15H2,1-2H3. The maximum absolute atomic E-state index is 13.0. The molecule has 0 bridgehead atoms. The highest BCUT2D eigenvalue weighted by Gasteiger charge is 2.41. The quantitative estimate of drug-likeness (QED) is 0.713. The number of sulfonamides is 1. The second-order valence-electron chi connectivity index (χ2n) is 7.72. The van der Waals surface area contributed by atoms with Gasteiger partial charge in [0, 0.05) is 30.6 Å². The first-order valence-corrected chi connectivity index (χ1v) is 10.7. The summed E-state index contributed by atoms with van der Waals surface area (Å²) >= 11 is 0. The lowest BCUT2D eigenvalue weighted by molar-refractivity contribution is 0.0302. The van der Waals surface area contributed by atoms with E-state index in [9.17, 15) is 13.5 Å². The van der Waals surface area contributed by atoms with Gasteiger partial charge in [0.05, 0.1) is 10.5 Å². The van der Waals surface area contributed by atoms with E-state index >= 15 is 0 Å². The van der Waals surface area contributed by atoms with Crippen LogP contribution in [0.25, 0.3) is 22.3 Å². The lowest BCUT2D eigenvalue weighted by Crippen LogP contribution is -2.43. The molecule has 3 aromatic rings. The van der Waals surface area contributed by atoms with Crippen LogP contribution in [-0.2, 0) is 10.0 Å². The molecule has 1 saturated heterocycles. The third kappa shape index (κ3) is 3.58. The molecule has 0 amide bonds. The summed E-state index contributed by atoms with van der Waals surface area (Å²) in [5, 5.41) is 11.7. The summed E-state index contributed by atoms with van der Waals surface area (Å²) in [6, 6.07) is 16.4. The van der Waals surface area contributed by atoms with Crippen molar-refractivity contribution in [3.63, 3.8) is 0 Å². The van der Waals surface area contributed by atoms with Gasteiger partial charge in [0.25, 0.3) is 0 Å². The molecule has 1 N–H and O–H groups in total. The molecule has 1 aliphatic rings. The van der Waals surface area contributed by atoms with E-state index in [1.165, 1.54) is 4.31 Å². The Hall–Kier alpha value is -2.19. The van der Waals surface area contributed by atoms with Crippen LogP contribution in [0, 0.1) is 0 Å². The van der Waals surface area contributed by atoms with Gasteiger partial charge in [0.1, 0.15) is 11.3 Å². The molecule has 1 aromatic heterocycles. The maximum atomic E-state index is 13.0. The number of benzene rings is 2. The van der Waals surface area contributed by atoms with E-state index in [-0.39, 0.29) is 11.4 Å². The van der Waals surface area contributed by atoms with Crippen LogP contribution >= 0.6 is 0 Å². The number of aliphatic hydroxyl groups is 1. The molecule has 1 aliphatic heterocycles. The molecule has 0 saturated carbocycles. The van der Waals surface area contributed by atoms with Crippen LogP contribution in [0.4, 0.5) is 0 Å². The summed E-state index contributed by atoms with van der Waals surface area (Å²) in [5.74, 6) is 0.701. The minimum atomic E-state index is -3.64. The molecule has 2 aromatic carbocycles. The number of likely N-dealkylation sites (N-methyl/N-ethyl adjacent to an activating group) is 1. The van der Waals surface area contributed by atoms with Crippen molar-refractivity contribution in [2.75, 3.05) is 33.7 Å². The zero-order chi connectivity index (χ0) is 19.9. The summed E-state index contributed by atoms with van der Waals surface area (Å²) in [7, 11) is 0.0891. The zero-order valence-corrected chi connectivity index (χ0v) is 16.8. The fourth-order valence-electron chi connectivity index (χ4n) is 3.81. The molecule has 2 heterocycles. The van der Waals surface area contributed by atoms with E-state index in [1.54, 1.807) is 24.3 Å². The molecular formula is C21H24N2O4S. The molecule has 0 radical (unpaired) electrons. The number of furan rings is 1. The summed E-state index contributed by atoms with van der Waals surface area (Å²) in [4.78, 5) is 2.10. The third-order valence-corrected chi connectivity index (χ3v) is 6.97. The van der Waals surface area contributed by atoms with Crippen molar-refractivity contribution in [2.45, 2.75) is 16.9 Å². The first-order chi connectivity index (χ1) is 13.3. The summed E-state index contributed by atoms with van der Waals surface area (Å²) < 4.78 is 33.2. The number of rotatable bonds is 5. The number of hydrogen-bond donors (Lipinski definition) is 1. The smallest absolute Gasteiger partial charge is 0.243 e. The summed E-state index contributed by atoms with van der Waals surface area (Å²) in [6.07, 6.45) is 0.432. The predicted octanol–water partition coefficient (Wildman–Crippen LogP) is 2.79. The van der Waals surface area contributed by atoms with Crippen LogP contribution in [-0.4, -0.2) is 62.1 Å². The van der Waals surface area contributed by atoms with Crippen molar-refractivity contribution in [3.8, 4) is 11.3 Å². The van der Waals surface area contributed by atoms with Crippen LogP contribution in [0.1, 0.15) is 6.42 Å². The summed E-state index contributed by atoms with van der Waals surface area (Å²) in [6.45, 7) is 0.862. The molecule has 1 unspecified atom stereocenters. The van der Waals surface area contributed by atoms with Crippen LogP contribution in [0.5, 0.6) is 0 Å². The molecule has 7 heteroatoms. The largest absolute Gasteiger partial charge is 0.456 e. The highest BCUT2D eigenvalue weighted by atomic mass is 32.2. The van der Waals surface area contributed by atoms with E-state index < -0.39 is 15.6 Å². The average Bonchev–Trinajstić information content (AvgIpc) is 3.25.